The van der Waals surface area contributed by atoms with Crippen LogP contribution in [0.15, 0.2) is 30.3 Å². The summed E-state index contributed by atoms with van der Waals surface area (Å²) >= 11 is 5.62. The number of halogens is 2. The van der Waals surface area contributed by atoms with Crippen LogP contribution in [0.1, 0.15) is 0 Å². The largest absolute Gasteiger partial charge is 0.439 e. The molecule has 0 unspecified atom stereocenters. The van der Waals surface area contributed by atoms with E-state index in [1.54, 1.807) is 7.05 Å². The Hall–Kier alpha value is -2.41. The summed E-state index contributed by atoms with van der Waals surface area (Å²) in [4.78, 5) is 14.2. The Kier molecular flexibility index (Phi) is 3.99. The maximum atomic E-state index is 13.0. The minimum absolute atomic E-state index is 0.00576. The maximum Gasteiger partial charge on any atom is 0.278 e. The fourth-order valence-corrected chi connectivity index (χ4v) is 1.61. The summed E-state index contributed by atoms with van der Waals surface area (Å²) in [6.07, 6.45) is 0. The number of rotatable bonds is 4. The smallest absolute Gasteiger partial charge is 0.278 e. The van der Waals surface area contributed by atoms with E-state index in [9.17, 15) is 14.5 Å². The van der Waals surface area contributed by atoms with Gasteiger partial charge < -0.3 is 10.1 Å². The van der Waals surface area contributed by atoms with Crippen molar-refractivity contribution < 1.29 is 14.1 Å². The molecule has 0 spiro atoms. The molecule has 0 bridgehead atoms. The lowest BCUT2D eigenvalue weighted by Crippen LogP contribution is -1.98. The molecule has 1 heterocycles. The summed E-state index contributed by atoms with van der Waals surface area (Å²) in [7, 11) is 1.57. The molecule has 0 saturated heterocycles. The van der Waals surface area contributed by atoms with Crippen LogP contribution in [0.5, 0.6) is 11.6 Å². The first-order valence-electron chi connectivity index (χ1n) is 5.46. The van der Waals surface area contributed by atoms with Crippen molar-refractivity contribution in [3.05, 3.63) is 51.3 Å². The SMILES string of the molecule is CNc1cc([N+](=O)[O-])cc(Oc2ccc(F)c(Cl)c2)n1. The fourth-order valence-electron chi connectivity index (χ4n) is 1.44. The molecule has 0 atom stereocenters. The predicted molar refractivity (Wildman–Crippen MR) is 71.9 cm³/mol. The molecule has 2 rings (SSSR count). The van der Waals surface area contributed by atoms with Crippen LogP contribution in [0.25, 0.3) is 0 Å². The average molecular weight is 298 g/mol. The molecule has 0 amide bonds. The van der Waals surface area contributed by atoms with E-state index < -0.39 is 10.7 Å². The Bertz CT molecular complexity index is 666. The second-order valence-corrected chi connectivity index (χ2v) is 4.14. The Morgan fingerprint density at radius 2 is 2.15 bits per heavy atom. The van der Waals surface area contributed by atoms with Crippen LogP contribution in [0, 0.1) is 15.9 Å². The lowest BCUT2D eigenvalue weighted by atomic mass is 10.3. The number of nitro groups is 1. The van der Waals surface area contributed by atoms with Gasteiger partial charge in [-0.25, -0.2) is 4.39 Å². The number of ether oxygens (including phenoxy) is 1. The van der Waals surface area contributed by atoms with E-state index in [0.717, 1.165) is 12.1 Å². The lowest BCUT2D eigenvalue weighted by molar-refractivity contribution is -0.384. The molecular weight excluding hydrogens is 289 g/mol. The van der Waals surface area contributed by atoms with Gasteiger partial charge >= 0.3 is 0 Å². The molecule has 0 fully saturated rings. The molecule has 0 radical (unpaired) electrons. The van der Waals surface area contributed by atoms with Crippen LogP contribution >= 0.6 is 11.6 Å². The zero-order chi connectivity index (χ0) is 14.7. The van der Waals surface area contributed by atoms with Crippen molar-refractivity contribution in [1.29, 1.82) is 0 Å². The highest BCUT2D eigenvalue weighted by Crippen LogP contribution is 2.28. The first-order valence-corrected chi connectivity index (χ1v) is 5.84. The maximum absolute atomic E-state index is 13.0. The zero-order valence-electron chi connectivity index (χ0n) is 10.3. The van der Waals surface area contributed by atoms with Crippen molar-refractivity contribution in [3.63, 3.8) is 0 Å². The number of nitrogens with zero attached hydrogens (tertiary/aromatic N) is 2. The summed E-state index contributed by atoms with van der Waals surface area (Å²) in [5, 5.41) is 13.4. The van der Waals surface area contributed by atoms with Crippen LogP contribution < -0.4 is 10.1 Å². The molecule has 0 saturated carbocycles. The minimum Gasteiger partial charge on any atom is -0.439 e. The van der Waals surface area contributed by atoms with Gasteiger partial charge in [0.2, 0.25) is 5.88 Å². The first-order chi connectivity index (χ1) is 9.49. The molecule has 1 aromatic carbocycles. The number of aromatic nitrogens is 1. The molecule has 0 aliphatic carbocycles. The standard InChI is InChI=1S/C12H9ClFN3O3/c1-15-11-4-7(17(18)19)5-12(16-11)20-8-2-3-10(14)9(13)6-8/h2-6H,1H3,(H,15,16). The highest BCUT2D eigenvalue weighted by Gasteiger charge is 2.12. The highest BCUT2D eigenvalue weighted by molar-refractivity contribution is 6.30. The third kappa shape index (κ3) is 3.12. The molecule has 0 aliphatic heterocycles. The quantitative estimate of drug-likeness (QED) is 0.689. The molecule has 1 aromatic heterocycles. The molecule has 20 heavy (non-hydrogen) atoms. The van der Waals surface area contributed by atoms with Gasteiger partial charge in [-0.3, -0.25) is 10.1 Å². The number of hydrogen-bond donors (Lipinski definition) is 1. The monoisotopic (exact) mass is 297 g/mol. The van der Waals surface area contributed by atoms with E-state index in [1.807, 2.05) is 0 Å². The number of pyridine rings is 1. The van der Waals surface area contributed by atoms with Crippen molar-refractivity contribution in [2.45, 2.75) is 0 Å². The number of anilines is 1. The van der Waals surface area contributed by atoms with Crippen LogP contribution in [-0.4, -0.2) is 17.0 Å². The summed E-state index contributed by atoms with van der Waals surface area (Å²) in [5.41, 5.74) is -0.174. The lowest BCUT2D eigenvalue weighted by Gasteiger charge is -2.07. The van der Waals surface area contributed by atoms with Crippen molar-refractivity contribution in [2.75, 3.05) is 12.4 Å². The second-order valence-electron chi connectivity index (χ2n) is 3.73. The van der Waals surface area contributed by atoms with Gasteiger partial charge in [0.25, 0.3) is 5.69 Å². The topological polar surface area (TPSA) is 77.3 Å². The summed E-state index contributed by atoms with van der Waals surface area (Å²) in [5.74, 6) is -0.0676. The van der Waals surface area contributed by atoms with Crippen LogP contribution in [-0.2, 0) is 0 Å². The molecule has 2 aromatic rings. The molecule has 1 N–H and O–H groups in total. The Labute approximate surface area is 118 Å². The second kappa shape index (κ2) is 5.70. The van der Waals surface area contributed by atoms with Gasteiger partial charge in [-0.1, -0.05) is 11.6 Å². The number of hydrogen-bond acceptors (Lipinski definition) is 5. The van der Waals surface area contributed by atoms with Crippen molar-refractivity contribution >= 4 is 23.1 Å². The third-order valence-electron chi connectivity index (χ3n) is 2.37. The molecule has 104 valence electrons. The Morgan fingerprint density at radius 3 is 2.75 bits per heavy atom. The summed E-state index contributed by atoms with van der Waals surface area (Å²) in [6.45, 7) is 0. The van der Waals surface area contributed by atoms with Gasteiger partial charge in [0.05, 0.1) is 22.1 Å². The van der Waals surface area contributed by atoms with Gasteiger partial charge in [-0.15, -0.1) is 0 Å². The van der Waals surface area contributed by atoms with Crippen LogP contribution in [0.4, 0.5) is 15.9 Å². The van der Waals surface area contributed by atoms with Gasteiger partial charge in [-0.05, 0) is 12.1 Å². The third-order valence-corrected chi connectivity index (χ3v) is 2.66. The van der Waals surface area contributed by atoms with Gasteiger partial charge in [0, 0.05) is 13.1 Å². The predicted octanol–water partition coefficient (Wildman–Crippen LogP) is 3.62. The van der Waals surface area contributed by atoms with E-state index >= 15 is 0 Å². The normalized spacial score (nSPS) is 10.2. The first kappa shape index (κ1) is 14.0. The highest BCUT2D eigenvalue weighted by atomic mass is 35.5. The Morgan fingerprint density at radius 1 is 1.40 bits per heavy atom. The fraction of sp³-hybridized carbons (Fsp3) is 0.0833. The van der Waals surface area contributed by atoms with E-state index in [1.165, 1.54) is 18.2 Å². The van der Waals surface area contributed by atoms with E-state index in [4.69, 9.17) is 16.3 Å². The minimum atomic E-state index is -0.582. The van der Waals surface area contributed by atoms with Crippen molar-refractivity contribution in [1.82, 2.24) is 4.98 Å². The van der Waals surface area contributed by atoms with Gasteiger partial charge in [0.1, 0.15) is 17.4 Å². The van der Waals surface area contributed by atoms with Crippen LogP contribution in [0.3, 0.4) is 0 Å². The number of benzene rings is 1. The average Bonchev–Trinajstić information content (AvgIpc) is 2.42. The van der Waals surface area contributed by atoms with Crippen molar-refractivity contribution in [3.8, 4) is 11.6 Å². The zero-order valence-corrected chi connectivity index (χ0v) is 11.0. The molecule has 8 heteroatoms. The van der Waals surface area contributed by atoms with Crippen molar-refractivity contribution in [2.24, 2.45) is 0 Å². The van der Waals surface area contributed by atoms with Crippen LogP contribution in [0.2, 0.25) is 5.02 Å². The van der Waals surface area contributed by atoms with E-state index in [2.05, 4.69) is 10.3 Å². The summed E-state index contributed by atoms with van der Waals surface area (Å²) in [6, 6.07) is 6.17. The molecular formula is C12H9ClFN3O3. The summed E-state index contributed by atoms with van der Waals surface area (Å²) < 4.78 is 18.4. The Balaban J connectivity index is 2.34. The molecule has 6 nitrogen and oxygen atoms in total. The molecule has 0 aliphatic rings. The van der Waals surface area contributed by atoms with E-state index in [-0.39, 0.29) is 28.2 Å². The van der Waals surface area contributed by atoms with Gasteiger partial charge in [0.15, 0.2) is 0 Å². The van der Waals surface area contributed by atoms with Gasteiger partial charge in [-0.2, -0.15) is 4.98 Å². The van der Waals surface area contributed by atoms with E-state index in [0.29, 0.717) is 0 Å². The number of nitrogens with one attached hydrogen (secondary N) is 1.